The molecule has 0 bridgehead atoms. The van der Waals surface area contributed by atoms with Crippen molar-refractivity contribution in [3.05, 3.63) is 53.1 Å². The van der Waals surface area contributed by atoms with Crippen LogP contribution in [0.1, 0.15) is 18.9 Å². The van der Waals surface area contributed by atoms with E-state index >= 15 is 0 Å². The summed E-state index contributed by atoms with van der Waals surface area (Å²) < 4.78 is 11.9. The second-order valence-corrected chi connectivity index (χ2v) is 13.9. The van der Waals surface area contributed by atoms with Crippen molar-refractivity contribution >= 4 is 36.5 Å². The molecular formula is C23H28ClNO4Si. The molecule has 0 saturated carbocycles. The number of aliphatic hydroxyl groups excluding tert-OH is 1. The molecule has 0 aromatic heterocycles. The van der Waals surface area contributed by atoms with Crippen molar-refractivity contribution in [1.29, 1.82) is 0 Å². The number of carbonyl (C=O) groups excluding carboxylic acids is 1. The number of fused-ring (bicyclic) bond motifs is 2. The summed E-state index contributed by atoms with van der Waals surface area (Å²) in [5.41, 5.74) is 0.608. The number of carbonyl (C=O) groups is 1. The SMILES string of the molecule is COc1ccc([Si](C)(C)[C@@H]2[C@@H](CCO)O[C@]3(C(=O)Nc4ccc(Cl)cc43)[C@H]2C)cc1. The first-order valence-electron chi connectivity index (χ1n) is 10.3. The zero-order valence-electron chi connectivity index (χ0n) is 17.7. The van der Waals surface area contributed by atoms with E-state index in [0.29, 0.717) is 11.4 Å². The van der Waals surface area contributed by atoms with Gasteiger partial charge < -0.3 is 19.9 Å². The van der Waals surface area contributed by atoms with E-state index in [0.717, 1.165) is 17.0 Å². The minimum absolute atomic E-state index is 0.0150. The molecule has 2 heterocycles. The molecule has 7 heteroatoms. The average molecular weight is 446 g/mol. The summed E-state index contributed by atoms with van der Waals surface area (Å²) in [7, 11) is -0.449. The summed E-state index contributed by atoms with van der Waals surface area (Å²) in [4.78, 5) is 13.3. The van der Waals surface area contributed by atoms with Gasteiger partial charge in [-0.15, -0.1) is 0 Å². The Labute approximate surface area is 183 Å². The van der Waals surface area contributed by atoms with Crippen molar-refractivity contribution in [3.8, 4) is 5.75 Å². The van der Waals surface area contributed by atoms with Crippen molar-refractivity contribution in [2.45, 2.75) is 43.7 Å². The molecule has 0 aliphatic carbocycles. The molecule has 0 radical (unpaired) electrons. The van der Waals surface area contributed by atoms with E-state index in [1.807, 2.05) is 24.3 Å². The maximum absolute atomic E-state index is 13.3. The normalized spacial score (nSPS) is 27.9. The minimum atomic E-state index is -2.11. The Morgan fingerprint density at radius 3 is 2.57 bits per heavy atom. The van der Waals surface area contributed by atoms with Gasteiger partial charge in [0.05, 0.1) is 21.3 Å². The Balaban J connectivity index is 1.81. The number of benzene rings is 2. The number of hydrogen-bond acceptors (Lipinski definition) is 4. The number of aliphatic hydroxyl groups is 1. The molecule has 4 rings (SSSR count). The van der Waals surface area contributed by atoms with Gasteiger partial charge >= 0.3 is 0 Å². The highest BCUT2D eigenvalue weighted by atomic mass is 35.5. The lowest BCUT2D eigenvalue weighted by Crippen LogP contribution is -2.51. The number of amides is 1. The molecule has 2 aliphatic heterocycles. The first-order chi connectivity index (χ1) is 14.3. The lowest BCUT2D eigenvalue weighted by Gasteiger charge is -2.37. The van der Waals surface area contributed by atoms with Crippen molar-refractivity contribution in [2.24, 2.45) is 5.92 Å². The van der Waals surface area contributed by atoms with Crippen LogP contribution in [0.5, 0.6) is 5.75 Å². The second-order valence-electron chi connectivity index (χ2n) is 8.81. The fraction of sp³-hybridized carbons (Fsp3) is 0.435. The van der Waals surface area contributed by atoms with Crippen LogP contribution in [-0.4, -0.2) is 38.9 Å². The number of methoxy groups -OCH3 is 1. The molecule has 1 spiro atoms. The van der Waals surface area contributed by atoms with Gasteiger partial charge in [-0.05, 0) is 42.3 Å². The van der Waals surface area contributed by atoms with Crippen LogP contribution < -0.4 is 15.2 Å². The molecule has 4 atom stereocenters. The molecule has 30 heavy (non-hydrogen) atoms. The van der Waals surface area contributed by atoms with Crippen LogP contribution in [0, 0.1) is 5.92 Å². The summed E-state index contributed by atoms with van der Waals surface area (Å²) in [6, 6.07) is 13.7. The van der Waals surface area contributed by atoms with E-state index in [9.17, 15) is 9.90 Å². The summed E-state index contributed by atoms with van der Waals surface area (Å²) in [5, 5.41) is 14.6. The zero-order valence-corrected chi connectivity index (χ0v) is 19.5. The lowest BCUT2D eigenvalue weighted by atomic mass is 9.82. The van der Waals surface area contributed by atoms with Crippen molar-refractivity contribution in [2.75, 3.05) is 19.0 Å². The Bertz CT molecular complexity index is 964. The van der Waals surface area contributed by atoms with Crippen LogP contribution >= 0.6 is 11.6 Å². The van der Waals surface area contributed by atoms with E-state index < -0.39 is 13.7 Å². The smallest absolute Gasteiger partial charge is 0.261 e. The van der Waals surface area contributed by atoms with Gasteiger partial charge in [-0.25, -0.2) is 0 Å². The highest BCUT2D eigenvalue weighted by Crippen LogP contribution is 2.58. The molecule has 2 aliphatic rings. The summed E-state index contributed by atoms with van der Waals surface area (Å²) in [6.07, 6.45) is 0.274. The molecule has 0 unspecified atom stereocenters. The molecular weight excluding hydrogens is 418 g/mol. The Morgan fingerprint density at radius 1 is 1.23 bits per heavy atom. The third kappa shape index (κ3) is 3.09. The highest BCUT2D eigenvalue weighted by molar-refractivity contribution is 6.91. The molecule has 5 nitrogen and oxygen atoms in total. The fourth-order valence-corrected chi connectivity index (χ4v) is 9.73. The Hall–Kier alpha value is -1.86. The van der Waals surface area contributed by atoms with Gasteiger partial charge in [0, 0.05) is 28.8 Å². The standard InChI is InChI=1S/C23H28ClNO4Si/c1-14-21(30(3,4)17-8-6-16(28-2)7-9-17)20(11-12-26)29-23(14)18-13-15(24)5-10-19(18)25-22(23)27/h5-10,13-14,20-21,26H,11-12H2,1-4H3,(H,25,27)/t14-,20+,21-,23+/m0/s1. The van der Waals surface area contributed by atoms with Gasteiger partial charge in [-0.1, -0.05) is 48.9 Å². The van der Waals surface area contributed by atoms with Crippen LogP contribution in [-0.2, 0) is 15.1 Å². The van der Waals surface area contributed by atoms with E-state index in [-0.39, 0.29) is 30.1 Å². The molecule has 1 amide bonds. The number of rotatable bonds is 5. The Kier molecular flexibility index (Phi) is 5.47. The number of halogens is 1. The third-order valence-corrected chi connectivity index (χ3v) is 11.6. The summed E-state index contributed by atoms with van der Waals surface area (Å²) >= 11 is 6.29. The largest absolute Gasteiger partial charge is 0.497 e. The number of nitrogens with one attached hydrogen (secondary N) is 1. The molecule has 2 aromatic carbocycles. The van der Waals surface area contributed by atoms with Gasteiger partial charge in [0.15, 0.2) is 5.60 Å². The number of hydrogen-bond donors (Lipinski definition) is 2. The second kappa shape index (κ2) is 7.68. The van der Waals surface area contributed by atoms with Crippen molar-refractivity contribution in [3.63, 3.8) is 0 Å². The van der Waals surface area contributed by atoms with Gasteiger partial charge in [0.25, 0.3) is 5.91 Å². The van der Waals surface area contributed by atoms with Gasteiger partial charge in [0.1, 0.15) is 5.75 Å². The van der Waals surface area contributed by atoms with Crippen LogP contribution in [0.25, 0.3) is 0 Å². The number of ether oxygens (including phenoxy) is 2. The van der Waals surface area contributed by atoms with Gasteiger partial charge in [-0.3, -0.25) is 4.79 Å². The average Bonchev–Trinajstić information content (AvgIpc) is 3.17. The quantitative estimate of drug-likeness (QED) is 0.685. The maximum Gasteiger partial charge on any atom is 0.261 e. The predicted octanol–water partition coefficient (Wildman–Crippen LogP) is 3.90. The third-order valence-electron chi connectivity index (χ3n) is 6.97. The van der Waals surface area contributed by atoms with E-state index in [1.165, 1.54) is 5.19 Å². The van der Waals surface area contributed by atoms with Crippen molar-refractivity contribution < 1.29 is 19.4 Å². The van der Waals surface area contributed by atoms with Crippen LogP contribution in [0.4, 0.5) is 5.69 Å². The first kappa shape index (κ1) is 21.4. The summed E-state index contributed by atoms with van der Waals surface area (Å²) in [6.45, 7) is 6.75. The molecule has 2 N–H and O–H groups in total. The van der Waals surface area contributed by atoms with E-state index in [2.05, 4.69) is 37.5 Å². The van der Waals surface area contributed by atoms with Gasteiger partial charge in [-0.2, -0.15) is 0 Å². The van der Waals surface area contributed by atoms with E-state index in [1.54, 1.807) is 13.2 Å². The van der Waals surface area contributed by atoms with E-state index in [4.69, 9.17) is 21.1 Å². The monoisotopic (exact) mass is 445 g/mol. The maximum atomic E-state index is 13.3. The minimum Gasteiger partial charge on any atom is -0.497 e. The molecule has 1 saturated heterocycles. The van der Waals surface area contributed by atoms with Crippen molar-refractivity contribution in [1.82, 2.24) is 0 Å². The Morgan fingerprint density at radius 2 is 1.93 bits per heavy atom. The summed E-state index contributed by atoms with van der Waals surface area (Å²) in [5.74, 6) is 0.608. The van der Waals surface area contributed by atoms with Crippen LogP contribution in [0.15, 0.2) is 42.5 Å². The van der Waals surface area contributed by atoms with Gasteiger partial charge in [0.2, 0.25) is 0 Å². The molecule has 2 aromatic rings. The fourth-order valence-electron chi connectivity index (χ4n) is 5.50. The first-order valence-corrected chi connectivity index (χ1v) is 13.8. The zero-order chi connectivity index (χ0) is 21.7. The molecule has 1 fully saturated rings. The van der Waals surface area contributed by atoms with Crippen LogP contribution in [0.3, 0.4) is 0 Å². The number of anilines is 1. The highest BCUT2D eigenvalue weighted by Gasteiger charge is 2.64. The molecule has 160 valence electrons. The predicted molar refractivity (Wildman–Crippen MR) is 121 cm³/mol. The lowest BCUT2D eigenvalue weighted by molar-refractivity contribution is -0.143. The van der Waals surface area contributed by atoms with Crippen LogP contribution in [0.2, 0.25) is 23.7 Å². The topological polar surface area (TPSA) is 67.8 Å².